The van der Waals surface area contributed by atoms with E-state index in [1.54, 1.807) is 11.0 Å². The molecule has 1 aliphatic heterocycles. The van der Waals surface area contributed by atoms with Crippen LogP contribution in [0.15, 0.2) is 46.9 Å². The van der Waals surface area contributed by atoms with E-state index in [2.05, 4.69) is 20.9 Å². The zero-order chi connectivity index (χ0) is 20.1. The van der Waals surface area contributed by atoms with Gasteiger partial charge in [-0.25, -0.2) is 13.2 Å². The van der Waals surface area contributed by atoms with Gasteiger partial charge in [0.05, 0.1) is 12.6 Å². The molecule has 2 heterocycles. The number of aromatic amines is 1. The third-order valence-corrected chi connectivity index (χ3v) is 5.93. The van der Waals surface area contributed by atoms with Crippen molar-refractivity contribution in [3.8, 4) is 0 Å². The maximum Gasteiger partial charge on any atom is 0.283 e. The van der Waals surface area contributed by atoms with E-state index in [9.17, 15) is 13.2 Å². The van der Waals surface area contributed by atoms with E-state index >= 15 is 0 Å². The topological polar surface area (TPSA) is 39.3 Å². The number of hydrogen-bond acceptors (Lipinski definition) is 2. The second-order valence-electron chi connectivity index (χ2n) is 7.40. The van der Waals surface area contributed by atoms with Gasteiger partial charge in [0.2, 0.25) is 0 Å². The van der Waals surface area contributed by atoms with Crippen LogP contribution in [0.2, 0.25) is 0 Å². The summed E-state index contributed by atoms with van der Waals surface area (Å²) in [7, 11) is 0. The predicted molar refractivity (Wildman–Crippen MR) is 106 cm³/mol. The number of fused-ring (bicyclic) bond motifs is 3. The maximum atomic E-state index is 14.1. The Labute approximate surface area is 169 Å². The lowest BCUT2D eigenvalue weighted by Gasteiger charge is -2.42. The number of halogens is 4. The number of benzene rings is 2. The summed E-state index contributed by atoms with van der Waals surface area (Å²) in [6, 6.07) is 11.4. The molecule has 7 heteroatoms. The summed E-state index contributed by atoms with van der Waals surface area (Å²) in [4.78, 5) is 5.05. The standard InChI is InChI=1S/C21H20BrF3N2O/c1-12-8-17-16-9-15(23)6-7-18(16)26-19(17)20(13-2-4-14(22)5-3-13)27(12)10-21(24,25)11-28/h2-7,9,12,20,26,28H,8,10-11H2,1H3. The Morgan fingerprint density at radius 2 is 1.93 bits per heavy atom. The lowest BCUT2D eigenvalue weighted by atomic mass is 9.88. The summed E-state index contributed by atoms with van der Waals surface area (Å²) >= 11 is 3.41. The van der Waals surface area contributed by atoms with Gasteiger partial charge in [-0.15, -0.1) is 0 Å². The average Bonchev–Trinajstić information content (AvgIpc) is 3.00. The highest BCUT2D eigenvalue weighted by molar-refractivity contribution is 9.10. The van der Waals surface area contributed by atoms with E-state index in [1.807, 2.05) is 31.2 Å². The van der Waals surface area contributed by atoms with Gasteiger partial charge in [-0.3, -0.25) is 4.90 Å². The van der Waals surface area contributed by atoms with Gasteiger partial charge in [0, 0.05) is 27.1 Å². The fourth-order valence-corrected chi connectivity index (χ4v) is 4.36. The number of H-pyrrole nitrogens is 1. The van der Waals surface area contributed by atoms with Gasteiger partial charge in [0.15, 0.2) is 0 Å². The van der Waals surface area contributed by atoms with E-state index in [4.69, 9.17) is 5.11 Å². The van der Waals surface area contributed by atoms with Crippen molar-refractivity contribution < 1.29 is 18.3 Å². The van der Waals surface area contributed by atoms with Crippen LogP contribution >= 0.6 is 15.9 Å². The van der Waals surface area contributed by atoms with Crippen LogP contribution < -0.4 is 0 Å². The molecule has 28 heavy (non-hydrogen) atoms. The Bertz CT molecular complexity index is 1000. The molecule has 1 aliphatic rings. The molecule has 4 rings (SSSR count). The largest absolute Gasteiger partial charge is 0.390 e. The molecule has 0 saturated carbocycles. The molecule has 0 saturated heterocycles. The van der Waals surface area contributed by atoms with Crippen molar-refractivity contribution in [1.82, 2.24) is 9.88 Å². The third-order valence-electron chi connectivity index (χ3n) is 5.40. The third kappa shape index (κ3) is 3.47. The number of alkyl halides is 2. The van der Waals surface area contributed by atoms with Crippen LogP contribution in [0.4, 0.5) is 13.2 Å². The lowest BCUT2D eigenvalue weighted by molar-refractivity contribution is -0.0864. The Morgan fingerprint density at radius 3 is 2.61 bits per heavy atom. The number of hydrogen-bond donors (Lipinski definition) is 2. The minimum Gasteiger partial charge on any atom is -0.390 e. The van der Waals surface area contributed by atoms with Crippen molar-refractivity contribution >= 4 is 26.8 Å². The first kappa shape index (κ1) is 19.5. The molecule has 148 valence electrons. The molecular weight excluding hydrogens is 433 g/mol. The molecular formula is C21H20BrF3N2O. The fourth-order valence-electron chi connectivity index (χ4n) is 4.09. The fraction of sp³-hybridized carbons (Fsp3) is 0.333. The second kappa shape index (κ2) is 7.21. The molecule has 3 nitrogen and oxygen atoms in total. The van der Waals surface area contributed by atoms with Crippen LogP contribution in [0.25, 0.3) is 10.9 Å². The Kier molecular flexibility index (Phi) is 5.02. The average molecular weight is 453 g/mol. The van der Waals surface area contributed by atoms with Crippen molar-refractivity contribution in [2.75, 3.05) is 13.2 Å². The zero-order valence-corrected chi connectivity index (χ0v) is 16.8. The minimum atomic E-state index is -3.21. The smallest absolute Gasteiger partial charge is 0.283 e. The molecule has 2 unspecified atom stereocenters. The maximum absolute atomic E-state index is 14.1. The number of aromatic nitrogens is 1. The highest BCUT2D eigenvalue weighted by atomic mass is 79.9. The number of rotatable bonds is 4. The van der Waals surface area contributed by atoms with Gasteiger partial charge in [-0.2, -0.15) is 0 Å². The molecule has 1 aromatic heterocycles. The van der Waals surface area contributed by atoms with Crippen LogP contribution in [-0.4, -0.2) is 40.1 Å². The first-order valence-electron chi connectivity index (χ1n) is 9.09. The molecule has 0 bridgehead atoms. The summed E-state index contributed by atoms with van der Waals surface area (Å²) in [5, 5.41) is 9.90. The van der Waals surface area contributed by atoms with Crippen molar-refractivity contribution in [1.29, 1.82) is 0 Å². The summed E-state index contributed by atoms with van der Waals surface area (Å²) in [6.07, 6.45) is 0.521. The Balaban J connectivity index is 1.89. The van der Waals surface area contributed by atoms with Crippen molar-refractivity contribution in [2.45, 2.75) is 31.4 Å². The van der Waals surface area contributed by atoms with Gasteiger partial charge >= 0.3 is 0 Å². The lowest BCUT2D eigenvalue weighted by Crippen LogP contribution is -2.49. The van der Waals surface area contributed by atoms with E-state index in [1.165, 1.54) is 12.1 Å². The molecule has 0 radical (unpaired) electrons. The van der Waals surface area contributed by atoms with Crippen LogP contribution in [-0.2, 0) is 6.42 Å². The Hall–Kier alpha value is -1.83. The Morgan fingerprint density at radius 1 is 1.21 bits per heavy atom. The van der Waals surface area contributed by atoms with Crippen LogP contribution in [0.1, 0.15) is 29.8 Å². The van der Waals surface area contributed by atoms with Gasteiger partial charge in [-0.1, -0.05) is 28.1 Å². The number of nitrogens with zero attached hydrogens (tertiary/aromatic N) is 1. The minimum absolute atomic E-state index is 0.208. The van der Waals surface area contributed by atoms with Gasteiger partial charge in [0.1, 0.15) is 12.4 Å². The number of aliphatic hydroxyl groups excluding tert-OH is 1. The van der Waals surface area contributed by atoms with Gasteiger partial charge in [0.25, 0.3) is 5.92 Å². The molecule has 2 N–H and O–H groups in total. The highest BCUT2D eigenvalue weighted by Gasteiger charge is 2.41. The monoisotopic (exact) mass is 452 g/mol. The summed E-state index contributed by atoms with van der Waals surface area (Å²) in [5.41, 5.74) is 3.40. The normalized spacial score (nSPS) is 20.5. The first-order valence-corrected chi connectivity index (χ1v) is 9.88. The second-order valence-corrected chi connectivity index (χ2v) is 8.32. The zero-order valence-electron chi connectivity index (χ0n) is 15.2. The van der Waals surface area contributed by atoms with Crippen molar-refractivity contribution in [2.24, 2.45) is 0 Å². The molecule has 0 fully saturated rings. The van der Waals surface area contributed by atoms with Crippen molar-refractivity contribution in [3.63, 3.8) is 0 Å². The van der Waals surface area contributed by atoms with E-state index in [-0.39, 0.29) is 11.9 Å². The van der Waals surface area contributed by atoms with Crippen molar-refractivity contribution in [3.05, 3.63) is 69.6 Å². The van der Waals surface area contributed by atoms with Crippen LogP contribution in [0, 0.1) is 5.82 Å². The van der Waals surface area contributed by atoms with Gasteiger partial charge < -0.3 is 10.1 Å². The van der Waals surface area contributed by atoms with E-state index in [0.29, 0.717) is 6.42 Å². The van der Waals surface area contributed by atoms with E-state index in [0.717, 1.165) is 32.2 Å². The molecule has 0 spiro atoms. The highest BCUT2D eigenvalue weighted by Crippen LogP contribution is 2.42. The quantitative estimate of drug-likeness (QED) is 0.582. The SMILES string of the molecule is CC1Cc2c([nH]c3ccc(F)cc23)C(c2ccc(Br)cc2)N1CC(F)(F)CO. The molecule has 0 amide bonds. The summed E-state index contributed by atoms with van der Waals surface area (Å²) < 4.78 is 43.0. The molecule has 2 atom stereocenters. The predicted octanol–water partition coefficient (Wildman–Crippen LogP) is 5.03. The molecule has 3 aromatic rings. The first-order chi connectivity index (χ1) is 13.3. The van der Waals surface area contributed by atoms with Gasteiger partial charge in [-0.05, 0) is 54.8 Å². The molecule has 0 aliphatic carbocycles. The summed E-state index contributed by atoms with van der Waals surface area (Å²) in [5.74, 6) is -3.53. The van der Waals surface area contributed by atoms with Crippen LogP contribution in [0.3, 0.4) is 0 Å². The molecule has 2 aromatic carbocycles. The van der Waals surface area contributed by atoms with E-state index < -0.39 is 25.1 Å². The number of aliphatic hydroxyl groups is 1. The van der Waals surface area contributed by atoms with Crippen LogP contribution in [0.5, 0.6) is 0 Å². The summed E-state index contributed by atoms with van der Waals surface area (Å²) in [6.45, 7) is 0.128. The number of nitrogens with one attached hydrogen (secondary N) is 1.